The molecule has 10 nitrogen and oxygen atoms in total. The first-order valence-corrected chi connectivity index (χ1v) is 14.3. The Balaban J connectivity index is 1.48. The van der Waals surface area contributed by atoms with Crippen LogP contribution >= 0.6 is 0 Å². The number of phenols is 1. The van der Waals surface area contributed by atoms with Gasteiger partial charge in [-0.05, 0) is 93.2 Å². The fraction of sp³-hybridized carbons (Fsp3) is 0.406. The molecule has 1 amide bonds. The number of Topliss-reactive ketones (excluding diaryl/α,β-unsaturated/α-hetero) is 2. The van der Waals surface area contributed by atoms with Crippen LogP contribution in [0.3, 0.4) is 0 Å². The molecule has 2 fully saturated rings. The topological polar surface area (TPSA) is 165 Å². The first kappa shape index (κ1) is 28.1. The number of benzene rings is 2. The Morgan fingerprint density at radius 2 is 1.81 bits per heavy atom. The minimum Gasteiger partial charge on any atom is -0.508 e. The largest absolute Gasteiger partial charge is 0.508 e. The second-order valence-corrected chi connectivity index (χ2v) is 12.1. The van der Waals surface area contributed by atoms with E-state index in [0.29, 0.717) is 5.56 Å². The number of aliphatic hydroxyl groups excluding tert-OH is 2. The zero-order valence-corrected chi connectivity index (χ0v) is 23.6. The van der Waals surface area contributed by atoms with Crippen LogP contribution in [0.1, 0.15) is 36.0 Å². The van der Waals surface area contributed by atoms with Gasteiger partial charge >= 0.3 is 0 Å². The maximum Gasteiger partial charge on any atom is 0.255 e. The Bertz CT molecular complexity index is 1590. The van der Waals surface area contributed by atoms with Gasteiger partial charge in [0.25, 0.3) is 5.91 Å². The summed E-state index contributed by atoms with van der Waals surface area (Å²) >= 11 is 0. The van der Waals surface area contributed by atoms with Crippen molar-refractivity contribution in [2.75, 3.05) is 27.2 Å². The molecule has 4 atom stereocenters. The molecule has 220 valence electrons. The second-order valence-electron chi connectivity index (χ2n) is 12.1. The molecule has 10 heteroatoms. The van der Waals surface area contributed by atoms with Crippen LogP contribution in [0.2, 0.25) is 0 Å². The third-order valence-corrected chi connectivity index (χ3v) is 9.45. The summed E-state index contributed by atoms with van der Waals surface area (Å²) < 4.78 is 0. The lowest BCUT2D eigenvalue weighted by atomic mass is 9.57. The van der Waals surface area contributed by atoms with Crippen LogP contribution in [-0.4, -0.2) is 86.5 Å². The molecule has 6 rings (SSSR count). The number of carbonyl (C=O) groups excluding carboxylic acids is 3. The summed E-state index contributed by atoms with van der Waals surface area (Å²) in [4.78, 5) is 43.4. The number of carbonyl (C=O) groups is 3. The molecule has 1 saturated carbocycles. The summed E-state index contributed by atoms with van der Waals surface area (Å²) in [6.45, 7) is 2.95. The summed E-state index contributed by atoms with van der Waals surface area (Å²) in [5.41, 5.74) is 5.36. The van der Waals surface area contributed by atoms with E-state index in [4.69, 9.17) is 5.73 Å². The van der Waals surface area contributed by atoms with Gasteiger partial charge in [-0.3, -0.25) is 24.2 Å². The van der Waals surface area contributed by atoms with Crippen molar-refractivity contribution in [2.45, 2.75) is 43.9 Å². The Morgan fingerprint density at radius 1 is 1.10 bits per heavy atom. The van der Waals surface area contributed by atoms with Crippen LogP contribution in [0.25, 0.3) is 16.9 Å². The van der Waals surface area contributed by atoms with Gasteiger partial charge in [0.05, 0.1) is 11.6 Å². The van der Waals surface area contributed by atoms with E-state index in [9.17, 15) is 34.8 Å². The number of phenolic OH excluding ortho intramolecular Hbond substituents is 1. The SMILES string of the molecule is CN(C)C1C(=O)C(C(N)=O)=C(O)C2(O)C(=O)C3=C(O)c4c(O)ccc(-c5cccc(CN6CCCC6)c5)c4CC3CC12. The Hall–Kier alpha value is -3.99. The van der Waals surface area contributed by atoms with Crippen LogP contribution < -0.4 is 5.73 Å². The summed E-state index contributed by atoms with van der Waals surface area (Å²) in [6.07, 6.45) is 2.67. The zero-order chi connectivity index (χ0) is 30.1. The van der Waals surface area contributed by atoms with Crippen molar-refractivity contribution >= 4 is 23.2 Å². The first-order valence-electron chi connectivity index (χ1n) is 14.3. The number of nitrogens with zero attached hydrogens (tertiary/aromatic N) is 2. The highest BCUT2D eigenvalue weighted by atomic mass is 16.3. The molecular formula is C32H35N3O7. The summed E-state index contributed by atoms with van der Waals surface area (Å²) in [5, 5.41) is 45.2. The molecule has 3 aliphatic carbocycles. The Kier molecular flexibility index (Phi) is 6.75. The number of likely N-dealkylation sites (N-methyl/N-ethyl adjacent to an activating group) is 1. The van der Waals surface area contributed by atoms with Gasteiger partial charge in [0.1, 0.15) is 22.8 Å². The molecular weight excluding hydrogens is 538 g/mol. The molecule has 42 heavy (non-hydrogen) atoms. The highest BCUT2D eigenvalue weighted by Crippen LogP contribution is 2.53. The van der Waals surface area contributed by atoms with Crippen molar-refractivity contribution in [2.24, 2.45) is 17.6 Å². The number of nitrogens with two attached hydrogens (primary N) is 1. The monoisotopic (exact) mass is 573 g/mol. The Morgan fingerprint density at radius 3 is 2.48 bits per heavy atom. The standard InChI is InChI=1S/C32H35N3O7/c1-34(2)26-21-14-18-13-20-19(17-7-5-6-16(12-17)15-35-10-3-4-11-35)8-9-22(36)24(20)27(37)23(18)29(39)32(21,42)30(40)25(28(26)38)31(33)41/h5-9,12,18,21,26,36-37,40,42H,3-4,10-11,13-15H2,1-2H3,(H2,33,41). The van der Waals surface area contributed by atoms with Crippen LogP contribution in [-0.2, 0) is 27.3 Å². The number of hydrogen-bond donors (Lipinski definition) is 5. The average molecular weight is 574 g/mol. The van der Waals surface area contributed by atoms with Gasteiger partial charge in [-0.15, -0.1) is 0 Å². The van der Waals surface area contributed by atoms with Crippen molar-refractivity contribution in [1.82, 2.24) is 9.80 Å². The minimum atomic E-state index is -2.65. The number of aliphatic hydroxyl groups is 3. The number of fused-ring (bicyclic) bond motifs is 3. The zero-order valence-electron chi connectivity index (χ0n) is 23.6. The number of likely N-dealkylation sites (tertiary alicyclic amines) is 1. The van der Waals surface area contributed by atoms with E-state index in [2.05, 4.69) is 17.0 Å². The third kappa shape index (κ3) is 4.08. The highest BCUT2D eigenvalue weighted by Gasteiger charge is 2.64. The second kappa shape index (κ2) is 10.1. The van der Waals surface area contributed by atoms with Crippen LogP contribution in [0.4, 0.5) is 0 Å². The van der Waals surface area contributed by atoms with Gasteiger partial charge in [-0.25, -0.2) is 0 Å². The number of primary amides is 1. The third-order valence-electron chi connectivity index (χ3n) is 9.45. The average Bonchev–Trinajstić information content (AvgIpc) is 3.43. The molecule has 6 N–H and O–H groups in total. The maximum atomic E-state index is 14.0. The Labute approximate surface area is 243 Å². The molecule has 0 aromatic heterocycles. The molecule has 4 unspecified atom stereocenters. The van der Waals surface area contributed by atoms with E-state index in [1.54, 1.807) is 20.2 Å². The smallest absolute Gasteiger partial charge is 0.255 e. The van der Waals surface area contributed by atoms with Crippen LogP contribution in [0, 0.1) is 11.8 Å². The molecule has 1 saturated heterocycles. The van der Waals surface area contributed by atoms with Gasteiger partial charge in [0.15, 0.2) is 11.4 Å². The predicted molar refractivity (Wildman–Crippen MR) is 154 cm³/mol. The molecule has 0 bridgehead atoms. The minimum absolute atomic E-state index is 0.0514. The predicted octanol–water partition coefficient (Wildman–Crippen LogP) is 2.23. The van der Waals surface area contributed by atoms with Gasteiger partial charge in [0, 0.05) is 18.0 Å². The number of aromatic hydroxyl groups is 1. The maximum absolute atomic E-state index is 14.0. The number of ketones is 2. The highest BCUT2D eigenvalue weighted by molar-refractivity contribution is 6.24. The van der Waals surface area contributed by atoms with Gasteiger partial charge < -0.3 is 26.2 Å². The normalized spacial score (nSPS) is 27.8. The van der Waals surface area contributed by atoms with Crippen molar-refractivity contribution in [3.05, 3.63) is 70.0 Å². The van der Waals surface area contributed by atoms with E-state index >= 15 is 0 Å². The molecule has 1 aliphatic heterocycles. The lowest BCUT2D eigenvalue weighted by molar-refractivity contribution is -0.153. The van der Waals surface area contributed by atoms with Crippen molar-refractivity contribution in [1.29, 1.82) is 0 Å². The van der Waals surface area contributed by atoms with Crippen molar-refractivity contribution in [3.63, 3.8) is 0 Å². The van der Waals surface area contributed by atoms with E-state index in [1.807, 2.05) is 12.1 Å². The summed E-state index contributed by atoms with van der Waals surface area (Å²) in [7, 11) is 3.16. The van der Waals surface area contributed by atoms with Crippen molar-refractivity contribution in [3.8, 4) is 16.9 Å². The van der Waals surface area contributed by atoms with E-state index in [-0.39, 0.29) is 29.7 Å². The molecule has 0 radical (unpaired) electrons. The van der Waals surface area contributed by atoms with E-state index in [0.717, 1.165) is 36.3 Å². The molecule has 1 heterocycles. The van der Waals surface area contributed by atoms with Crippen LogP contribution in [0.15, 0.2) is 53.3 Å². The quantitative estimate of drug-likeness (QED) is 0.337. The number of hydrogen-bond acceptors (Lipinski definition) is 9. The van der Waals surface area contributed by atoms with E-state index in [1.165, 1.54) is 23.8 Å². The lowest BCUT2D eigenvalue weighted by Gasteiger charge is -2.50. The van der Waals surface area contributed by atoms with Gasteiger partial charge in [0.2, 0.25) is 5.78 Å². The van der Waals surface area contributed by atoms with Gasteiger partial charge in [-0.1, -0.05) is 24.3 Å². The molecule has 4 aliphatic rings. The van der Waals surface area contributed by atoms with Crippen LogP contribution in [0.5, 0.6) is 5.75 Å². The summed E-state index contributed by atoms with van der Waals surface area (Å²) in [5.74, 6) is -6.58. The lowest BCUT2D eigenvalue weighted by Crippen LogP contribution is -2.65. The number of rotatable bonds is 5. The first-order chi connectivity index (χ1) is 19.9. The molecule has 2 aromatic carbocycles. The molecule has 0 spiro atoms. The fourth-order valence-electron chi connectivity index (χ4n) is 7.55. The summed E-state index contributed by atoms with van der Waals surface area (Å²) in [6, 6.07) is 10.3. The fourth-order valence-corrected chi connectivity index (χ4v) is 7.55. The number of amides is 1. The molecule has 2 aromatic rings. The van der Waals surface area contributed by atoms with E-state index < -0.39 is 58.0 Å². The van der Waals surface area contributed by atoms with Gasteiger partial charge in [-0.2, -0.15) is 0 Å². The van der Waals surface area contributed by atoms with Crippen molar-refractivity contribution < 1.29 is 34.8 Å².